The number of ether oxygens (including phenoxy) is 3. The van der Waals surface area contributed by atoms with Gasteiger partial charge in [-0.2, -0.15) is 0 Å². The second-order valence-corrected chi connectivity index (χ2v) is 16.3. The molecule has 248 valence electrons. The van der Waals surface area contributed by atoms with Gasteiger partial charge in [-0.25, -0.2) is 18.0 Å². The van der Waals surface area contributed by atoms with E-state index in [4.69, 9.17) is 14.2 Å². The van der Waals surface area contributed by atoms with Gasteiger partial charge in [0.25, 0.3) is 0 Å². The first-order valence-corrected chi connectivity index (χ1v) is 16.5. The molecule has 16 nitrogen and oxygen atoms in total. The highest BCUT2D eigenvalue weighted by Crippen LogP contribution is 2.51. The number of rotatable bonds is 10. The molecule has 4 heterocycles. The number of carboxylic acids is 1. The highest BCUT2D eigenvalue weighted by atomic mass is 32.2. The van der Waals surface area contributed by atoms with Crippen molar-refractivity contribution in [3.8, 4) is 0 Å². The van der Waals surface area contributed by atoms with E-state index in [0.717, 1.165) is 18.7 Å². The molecular weight excluding hydrogens is 650 g/mol. The number of carbonyl (C=O) groups excluding carboxylic acids is 6. The molecule has 4 aliphatic rings. The average molecular weight is 682 g/mol. The average Bonchev–Trinajstić information content (AvgIpc) is 3.30. The van der Waals surface area contributed by atoms with Gasteiger partial charge in [-0.15, -0.1) is 11.8 Å². The first-order valence-electron chi connectivity index (χ1n) is 14.0. The fourth-order valence-electron chi connectivity index (χ4n) is 6.22. The topological polar surface area (TPSA) is 220 Å². The number of nitrogens with one attached hydrogen (secondary N) is 1. The number of nitrogens with zero attached hydrogens (tertiary/aromatic N) is 2. The molecule has 4 aliphatic heterocycles. The van der Waals surface area contributed by atoms with E-state index in [0.29, 0.717) is 0 Å². The van der Waals surface area contributed by atoms with Crippen molar-refractivity contribution in [3.63, 3.8) is 0 Å². The SMILES string of the molecule is CC(=O)OC[C@@]1(C)[C@H](C(=O)OCOC(=O)[C@@H]2N3C(=O)[C@@H](NC(=O)C(C(=O)O)c4ccccc4)[C@H]3SC2(C)C)N2C(=O)C[C@H]2S1(=O)=O. The minimum atomic E-state index is -4.16. The van der Waals surface area contributed by atoms with Crippen LogP contribution in [0.2, 0.25) is 0 Å². The van der Waals surface area contributed by atoms with Crippen LogP contribution in [-0.4, -0.2) is 117 Å². The number of aliphatic carboxylic acids is 1. The summed E-state index contributed by atoms with van der Waals surface area (Å²) in [6.07, 6.45) is -0.346. The Labute approximate surface area is 267 Å². The Balaban J connectivity index is 1.23. The van der Waals surface area contributed by atoms with Gasteiger partial charge in [-0.1, -0.05) is 30.3 Å². The number of hydrogen-bond donors (Lipinski definition) is 2. The molecule has 0 saturated carbocycles. The van der Waals surface area contributed by atoms with Crippen molar-refractivity contribution >= 4 is 63.2 Å². The standard InChI is InChI=1S/C28H31N3O13S2/c1-13(32)42-11-28(4)20(30-15(33)10-16(30)46(28,40)41)26(39)44-12-43-25(38)19-27(2,3)45-23-18(22(35)31(19)23)29-21(34)17(24(36)37)14-8-6-5-7-9-14/h5-9,16-20,23H,10-12H2,1-4H3,(H,29,34)(H,36,37)/t16-,17?,18-,19+,20+,23-,28+/m1/s1. The third-order valence-corrected chi connectivity index (χ3v) is 12.9. The van der Waals surface area contributed by atoms with Crippen LogP contribution in [0, 0.1) is 0 Å². The maximum Gasteiger partial charge on any atom is 0.333 e. The van der Waals surface area contributed by atoms with Crippen LogP contribution in [0.3, 0.4) is 0 Å². The summed E-state index contributed by atoms with van der Waals surface area (Å²) in [5.41, 5.74) is 0.224. The van der Waals surface area contributed by atoms with Crippen molar-refractivity contribution in [1.82, 2.24) is 15.1 Å². The van der Waals surface area contributed by atoms with Gasteiger partial charge in [0.15, 0.2) is 21.8 Å². The normalized spacial score (nSPS) is 30.6. The predicted octanol–water partition coefficient (Wildman–Crippen LogP) is -0.877. The van der Waals surface area contributed by atoms with Gasteiger partial charge in [0.2, 0.25) is 24.5 Å². The number of carboxylic acid groups (broad SMARTS) is 1. The molecule has 0 aliphatic carbocycles. The Morgan fingerprint density at radius 1 is 1.00 bits per heavy atom. The first-order chi connectivity index (χ1) is 21.4. The van der Waals surface area contributed by atoms with Gasteiger partial charge in [-0.3, -0.25) is 24.0 Å². The quantitative estimate of drug-likeness (QED) is 0.133. The van der Waals surface area contributed by atoms with Crippen molar-refractivity contribution in [2.24, 2.45) is 0 Å². The van der Waals surface area contributed by atoms with Gasteiger partial charge < -0.3 is 34.4 Å². The molecule has 1 aromatic carbocycles. The largest absolute Gasteiger partial charge is 0.480 e. The van der Waals surface area contributed by atoms with Crippen LogP contribution in [-0.2, 0) is 57.6 Å². The summed E-state index contributed by atoms with van der Waals surface area (Å²) in [5, 5.41) is 10.1. The Morgan fingerprint density at radius 3 is 2.17 bits per heavy atom. The second-order valence-electron chi connectivity index (χ2n) is 12.0. The summed E-state index contributed by atoms with van der Waals surface area (Å²) in [7, 11) is -4.16. The molecule has 5 rings (SSSR count). The summed E-state index contributed by atoms with van der Waals surface area (Å²) in [5.74, 6) is -8.09. The molecule has 4 fully saturated rings. The molecule has 46 heavy (non-hydrogen) atoms. The van der Waals surface area contributed by atoms with Gasteiger partial charge in [0.1, 0.15) is 34.2 Å². The van der Waals surface area contributed by atoms with Gasteiger partial charge in [0, 0.05) is 11.7 Å². The molecule has 1 aromatic rings. The number of hydrogen-bond acceptors (Lipinski definition) is 13. The summed E-state index contributed by atoms with van der Waals surface area (Å²) in [6, 6.07) is 3.81. The third-order valence-electron chi connectivity index (χ3n) is 8.60. The van der Waals surface area contributed by atoms with E-state index >= 15 is 0 Å². The van der Waals surface area contributed by atoms with Crippen LogP contribution in [0.4, 0.5) is 0 Å². The molecule has 1 unspecified atom stereocenters. The maximum atomic E-state index is 13.2. The van der Waals surface area contributed by atoms with Crippen molar-refractivity contribution in [1.29, 1.82) is 0 Å². The minimum Gasteiger partial charge on any atom is -0.480 e. The molecule has 2 N–H and O–H groups in total. The smallest absolute Gasteiger partial charge is 0.333 e. The molecule has 3 amide bonds. The summed E-state index contributed by atoms with van der Waals surface area (Å²) in [6.45, 7) is 3.84. The summed E-state index contributed by atoms with van der Waals surface area (Å²) in [4.78, 5) is 90.0. The van der Waals surface area contributed by atoms with Crippen molar-refractivity contribution in [3.05, 3.63) is 35.9 Å². The summed E-state index contributed by atoms with van der Waals surface area (Å²) >= 11 is 1.18. The number of thioether (sulfide) groups is 1. The second kappa shape index (κ2) is 11.6. The Kier molecular flexibility index (Phi) is 8.34. The molecule has 0 bridgehead atoms. The zero-order valence-corrected chi connectivity index (χ0v) is 26.7. The predicted molar refractivity (Wildman–Crippen MR) is 155 cm³/mol. The van der Waals surface area contributed by atoms with E-state index in [2.05, 4.69) is 5.32 Å². The Hall–Kier alpha value is -4.19. The van der Waals surface area contributed by atoms with Crippen LogP contribution in [0.15, 0.2) is 30.3 Å². The molecular formula is C28H31N3O13S2. The number of fused-ring (bicyclic) bond motifs is 2. The van der Waals surface area contributed by atoms with E-state index in [-0.39, 0.29) is 12.0 Å². The van der Waals surface area contributed by atoms with E-state index in [9.17, 15) is 47.1 Å². The molecule has 7 atom stereocenters. The molecule has 0 aromatic heterocycles. The number of amides is 3. The summed E-state index contributed by atoms with van der Waals surface area (Å²) < 4.78 is 38.5. The fourth-order valence-corrected chi connectivity index (χ4v) is 10.1. The van der Waals surface area contributed by atoms with Gasteiger partial charge >= 0.3 is 23.9 Å². The zero-order chi connectivity index (χ0) is 33.9. The van der Waals surface area contributed by atoms with Gasteiger partial charge in [0.05, 0.1) is 6.42 Å². The van der Waals surface area contributed by atoms with Gasteiger partial charge in [-0.05, 0) is 26.3 Å². The highest BCUT2D eigenvalue weighted by Gasteiger charge is 2.71. The fraction of sp³-hybridized carbons (Fsp3) is 0.536. The molecule has 18 heteroatoms. The number of benzene rings is 1. The van der Waals surface area contributed by atoms with E-state index < -0.39 is 109 Å². The third kappa shape index (κ3) is 5.16. The number of carbonyl (C=O) groups is 7. The minimum absolute atomic E-state index is 0.224. The Bertz CT molecular complexity index is 1630. The lowest BCUT2D eigenvalue weighted by atomic mass is 9.94. The number of esters is 3. The lowest BCUT2D eigenvalue weighted by Crippen LogP contribution is -2.71. The van der Waals surface area contributed by atoms with E-state index in [1.54, 1.807) is 32.0 Å². The first kappa shape index (κ1) is 33.2. The highest BCUT2D eigenvalue weighted by molar-refractivity contribution is 8.01. The monoisotopic (exact) mass is 681 g/mol. The van der Waals surface area contributed by atoms with Crippen LogP contribution >= 0.6 is 11.8 Å². The maximum absolute atomic E-state index is 13.2. The number of β-lactam (4-membered cyclic amide) rings is 2. The lowest BCUT2D eigenvalue weighted by Gasteiger charge is -2.44. The van der Waals surface area contributed by atoms with Crippen LogP contribution < -0.4 is 5.32 Å². The lowest BCUT2D eigenvalue weighted by molar-refractivity contribution is -0.182. The number of sulfone groups is 1. The zero-order valence-electron chi connectivity index (χ0n) is 25.0. The molecule has 0 spiro atoms. The van der Waals surface area contributed by atoms with Crippen molar-refractivity contribution in [2.75, 3.05) is 13.4 Å². The van der Waals surface area contributed by atoms with Crippen LogP contribution in [0.25, 0.3) is 0 Å². The van der Waals surface area contributed by atoms with E-state index in [1.165, 1.54) is 28.8 Å². The van der Waals surface area contributed by atoms with Crippen molar-refractivity contribution in [2.45, 2.75) is 78.4 Å². The molecule has 4 saturated heterocycles. The van der Waals surface area contributed by atoms with Crippen LogP contribution in [0.1, 0.15) is 45.6 Å². The molecule has 0 radical (unpaired) electrons. The van der Waals surface area contributed by atoms with E-state index in [1.807, 2.05) is 0 Å². The van der Waals surface area contributed by atoms with Crippen molar-refractivity contribution < 1.29 is 61.3 Å². The van der Waals surface area contributed by atoms with Crippen LogP contribution in [0.5, 0.6) is 0 Å². The Morgan fingerprint density at radius 2 is 1.61 bits per heavy atom.